The van der Waals surface area contributed by atoms with Gasteiger partial charge in [-0.2, -0.15) is 5.10 Å². The zero-order valence-corrected chi connectivity index (χ0v) is 6.45. The molecule has 0 fully saturated rings. The Balaban J connectivity index is 2.37. The average molecular weight is 153 g/mol. The van der Waals surface area contributed by atoms with Gasteiger partial charge in [-0.1, -0.05) is 0 Å². The third-order valence-electron chi connectivity index (χ3n) is 1.24. The van der Waals surface area contributed by atoms with E-state index in [2.05, 4.69) is 10.4 Å². The zero-order chi connectivity index (χ0) is 8.10. The highest BCUT2D eigenvalue weighted by molar-refractivity contribution is 5.75. The van der Waals surface area contributed by atoms with Crippen LogP contribution in [0.4, 0.5) is 0 Å². The molecule has 0 atom stereocenters. The van der Waals surface area contributed by atoms with Gasteiger partial charge in [0, 0.05) is 18.9 Å². The number of nitrogens with zero attached hydrogens (tertiary/aromatic N) is 2. The highest BCUT2D eigenvalue weighted by Crippen LogP contribution is 1.83. The molecule has 0 saturated carbocycles. The normalized spacial score (nSPS) is 9.55. The summed E-state index contributed by atoms with van der Waals surface area (Å²) in [6, 6.07) is 1.79. The summed E-state index contributed by atoms with van der Waals surface area (Å²) in [5.41, 5.74) is 0. The van der Waals surface area contributed by atoms with Crippen LogP contribution in [0.2, 0.25) is 0 Å². The van der Waals surface area contributed by atoms with Gasteiger partial charge in [0.05, 0.1) is 0 Å². The van der Waals surface area contributed by atoms with Crippen molar-refractivity contribution in [2.24, 2.45) is 0 Å². The van der Waals surface area contributed by atoms with Gasteiger partial charge >= 0.3 is 0 Å². The lowest BCUT2D eigenvalue weighted by atomic mass is 10.5. The Labute approximate surface area is 65.2 Å². The van der Waals surface area contributed by atoms with Crippen molar-refractivity contribution >= 4 is 5.91 Å². The van der Waals surface area contributed by atoms with Crippen molar-refractivity contribution in [1.29, 1.82) is 0 Å². The van der Waals surface area contributed by atoms with Gasteiger partial charge in [-0.15, -0.1) is 0 Å². The minimum Gasteiger partial charge on any atom is -0.355 e. The molecule has 1 aromatic rings. The van der Waals surface area contributed by atoms with Gasteiger partial charge < -0.3 is 5.32 Å². The van der Waals surface area contributed by atoms with Gasteiger partial charge in [0.15, 0.2) is 0 Å². The van der Waals surface area contributed by atoms with E-state index in [1.165, 1.54) is 0 Å². The van der Waals surface area contributed by atoms with Crippen LogP contribution in [0, 0.1) is 0 Å². The SMILES string of the molecule is CCNC(=O)Cn1cccn1. The molecule has 1 amide bonds. The second kappa shape index (κ2) is 3.75. The Kier molecular flexibility index (Phi) is 2.66. The monoisotopic (exact) mass is 153 g/mol. The molecule has 1 heterocycles. The van der Waals surface area contributed by atoms with Crippen LogP contribution in [0.5, 0.6) is 0 Å². The summed E-state index contributed by atoms with van der Waals surface area (Å²) in [5, 5.41) is 6.58. The van der Waals surface area contributed by atoms with Crippen LogP contribution in [-0.2, 0) is 11.3 Å². The minimum absolute atomic E-state index is 0.00352. The maximum Gasteiger partial charge on any atom is 0.241 e. The molecule has 60 valence electrons. The number of hydrogen-bond donors (Lipinski definition) is 1. The molecule has 1 N–H and O–H groups in total. The van der Waals surface area contributed by atoms with Crippen LogP contribution in [0.15, 0.2) is 18.5 Å². The van der Waals surface area contributed by atoms with Crippen LogP contribution in [0.3, 0.4) is 0 Å². The van der Waals surface area contributed by atoms with Gasteiger partial charge in [0.2, 0.25) is 5.91 Å². The summed E-state index contributed by atoms with van der Waals surface area (Å²) in [6.07, 6.45) is 3.41. The van der Waals surface area contributed by atoms with E-state index >= 15 is 0 Å². The Hall–Kier alpha value is -1.32. The number of aromatic nitrogens is 2. The molecule has 1 rings (SSSR count). The fraction of sp³-hybridized carbons (Fsp3) is 0.429. The standard InChI is InChI=1S/C7H11N3O/c1-2-8-7(11)6-10-5-3-4-9-10/h3-5H,2,6H2,1H3,(H,8,11). The summed E-state index contributed by atoms with van der Waals surface area (Å²) in [4.78, 5) is 10.9. The minimum atomic E-state index is -0.00352. The lowest BCUT2D eigenvalue weighted by Crippen LogP contribution is -2.27. The summed E-state index contributed by atoms with van der Waals surface area (Å²) in [7, 11) is 0. The molecule has 1 aromatic heterocycles. The van der Waals surface area contributed by atoms with E-state index < -0.39 is 0 Å². The molecule has 0 aliphatic heterocycles. The zero-order valence-electron chi connectivity index (χ0n) is 6.45. The predicted molar refractivity (Wildman–Crippen MR) is 40.9 cm³/mol. The van der Waals surface area contributed by atoms with Crippen LogP contribution in [0.1, 0.15) is 6.92 Å². The Morgan fingerprint density at radius 2 is 2.55 bits per heavy atom. The highest BCUT2D eigenvalue weighted by Gasteiger charge is 1.98. The molecule has 11 heavy (non-hydrogen) atoms. The van der Waals surface area contributed by atoms with E-state index in [9.17, 15) is 4.79 Å². The van der Waals surface area contributed by atoms with Crippen molar-refractivity contribution in [3.63, 3.8) is 0 Å². The Bertz CT molecular complexity index is 218. The van der Waals surface area contributed by atoms with Gasteiger partial charge in [-0.25, -0.2) is 0 Å². The molecule has 0 unspecified atom stereocenters. The number of carbonyl (C=O) groups is 1. The second-order valence-corrected chi connectivity index (χ2v) is 2.16. The largest absolute Gasteiger partial charge is 0.355 e. The van der Waals surface area contributed by atoms with Gasteiger partial charge in [0.25, 0.3) is 0 Å². The van der Waals surface area contributed by atoms with E-state index in [4.69, 9.17) is 0 Å². The van der Waals surface area contributed by atoms with E-state index in [1.54, 1.807) is 23.1 Å². The smallest absolute Gasteiger partial charge is 0.241 e. The second-order valence-electron chi connectivity index (χ2n) is 2.16. The van der Waals surface area contributed by atoms with Gasteiger partial charge in [0.1, 0.15) is 6.54 Å². The molecule has 0 radical (unpaired) electrons. The van der Waals surface area contributed by atoms with Crippen molar-refractivity contribution in [2.45, 2.75) is 13.5 Å². The van der Waals surface area contributed by atoms with Gasteiger partial charge in [-0.3, -0.25) is 9.48 Å². The quantitative estimate of drug-likeness (QED) is 0.665. The first-order valence-electron chi connectivity index (χ1n) is 3.57. The first kappa shape index (κ1) is 7.78. The highest BCUT2D eigenvalue weighted by atomic mass is 16.2. The third kappa shape index (κ3) is 2.41. The van der Waals surface area contributed by atoms with Crippen molar-refractivity contribution in [3.05, 3.63) is 18.5 Å². The fourth-order valence-corrected chi connectivity index (χ4v) is 0.794. The summed E-state index contributed by atoms with van der Waals surface area (Å²) in [5.74, 6) is -0.00352. The summed E-state index contributed by atoms with van der Waals surface area (Å²) < 4.78 is 1.59. The van der Waals surface area contributed by atoms with Crippen molar-refractivity contribution < 1.29 is 4.79 Å². The van der Waals surface area contributed by atoms with E-state index in [1.807, 2.05) is 6.92 Å². The van der Waals surface area contributed by atoms with Crippen LogP contribution < -0.4 is 5.32 Å². The molecule has 4 heteroatoms. The predicted octanol–water partition coefficient (Wildman–Crippen LogP) is 0.0192. The molecule has 4 nitrogen and oxygen atoms in total. The van der Waals surface area contributed by atoms with Crippen molar-refractivity contribution in [3.8, 4) is 0 Å². The molecule has 0 spiro atoms. The molecule has 0 saturated heterocycles. The molecular weight excluding hydrogens is 142 g/mol. The van der Waals surface area contributed by atoms with E-state index in [-0.39, 0.29) is 5.91 Å². The molecule has 0 aliphatic carbocycles. The van der Waals surface area contributed by atoms with E-state index in [0.717, 1.165) is 0 Å². The number of nitrogens with one attached hydrogen (secondary N) is 1. The summed E-state index contributed by atoms with van der Waals surface area (Å²) >= 11 is 0. The molecular formula is C7H11N3O. The van der Waals surface area contributed by atoms with Crippen LogP contribution in [-0.4, -0.2) is 22.2 Å². The lowest BCUT2D eigenvalue weighted by molar-refractivity contribution is -0.121. The molecule has 0 aliphatic rings. The number of rotatable bonds is 3. The van der Waals surface area contributed by atoms with Crippen molar-refractivity contribution in [1.82, 2.24) is 15.1 Å². The van der Waals surface area contributed by atoms with Crippen LogP contribution in [0.25, 0.3) is 0 Å². The number of carbonyl (C=O) groups excluding carboxylic acids is 1. The Morgan fingerprint density at radius 1 is 1.73 bits per heavy atom. The first-order valence-corrected chi connectivity index (χ1v) is 3.57. The first-order chi connectivity index (χ1) is 5.33. The van der Waals surface area contributed by atoms with E-state index in [0.29, 0.717) is 13.1 Å². The Morgan fingerprint density at radius 3 is 3.09 bits per heavy atom. The third-order valence-corrected chi connectivity index (χ3v) is 1.24. The lowest BCUT2D eigenvalue weighted by Gasteiger charge is -2.00. The topological polar surface area (TPSA) is 46.9 Å². The van der Waals surface area contributed by atoms with Crippen LogP contribution >= 0.6 is 0 Å². The maximum absolute atomic E-state index is 10.9. The van der Waals surface area contributed by atoms with Crippen molar-refractivity contribution in [2.75, 3.05) is 6.54 Å². The summed E-state index contributed by atoms with van der Waals surface area (Å²) in [6.45, 7) is 2.86. The van der Waals surface area contributed by atoms with Gasteiger partial charge in [-0.05, 0) is 13.0 Å². The fourth-order valence-electron chi connectivity index (χ4n) is 0.794. The maximum atomic E-state index is 10.9. The number of likely N-dealkylation sites (N-methyl/N-ethyl adjacent to an activating group) is 1. The molecule has 0 aromatic carbocycles. The number of amides is 1. The number of hydrogen-bond acceptors (Lipinski definition) is 2. The molecule has 0 bridgehead atoms. The average Bonchev–Trinajstić information content (AvgIpc) is 2.40.